The van der Waals surface area contributed by atoms with Crippen LogP contribution in [-0.2, 0) is 11.3 Å². The molecule has 0 saturated carbocycles. The van der Waals surface area contributed by atoms with Gasteiger partial charge in [0.05, 0.1) is 37.1 Å². The highest BCUT2D eigenvalue weighted by molar-refractivity contribution is 6.32. The highest BCUT2D eigenvalue weighted by atomic mass is 35.5. The van der Waals surface area contributed by atoms with E-state index in [1.807, 2.05) is 0 Å². The average Bonchev–Trinajstić information content (AvgIpc) is 2.88. The topological polar surface area (TPSA) is 85.8 Å². The average molecular weight is 375 g/mol. The third-order valence-corrected chi connectivity index (χ3v) is 4.29. The summed E-state index contributed by atoms with van der Waals surface area (Å²) in [5, 5.41) is 0.122. The van der Waals surface area contributed by atoms with Crippen LogP contribution in [0.15, 0.2) is 30.3 Å². The molecular formula is C18H15ClN2O5. The van der Waals surface area contributed by atoms with Gasteiger partial charge in [-0.3, -0.25) is 14.5 Å². The van der Waals surface area contributed by atoms with Gasteiger partial charge < -0.3 is 9.47 Å². The monoisotopic (exact) mass is 374 g/mol. The standard InChI is InChI=1S/C18H15ClN2O5/c1-3-26-18(24)12-8-14(25-2)15(19)13(20-12)9-21-16(22)10-6-4-5-7-11(10)17(21)23/h4-8H,3,9H2,1-2H3. The molecule has 1 aromatic heterocycles. The van der Waals surface area contributed by atoms with Crippen LogP contribution in [0.1, 0.15) is 43.8 Å². The van der Waals surface area contributed by atoms with Gasteiger partial charge in [-0.25, -0.2) is 9.78 Å². The van der Waals surface area contributed by atoms with Crippen LogP contribution in [0.3, 0.4) is 0 Å². The first-order chi connectivity index (χ1) is 12.5. The Morgan fingerprint density at radius 2 is 1.81 bits per heavy atom. The van der Waals surface area contributed by atoms with Gasteiger partial charge in [0.15, 0.2) is 5.69 Å². The molecule has 8 heteroatoms. The van der Waals surface area contributed by atoms with Crippen LogP contribution in [0.2, 0.25) is 5.02 Å². The van der Waals surface area contributed by atoms with Crippen molar-refractivity contribution in [2.75, 3.05) is 13.7 Å². The van der Waals surface area contributed by atoms with E-state index in [9.17, 15) is 14.4 Å². The van der Waals surface area contributed by atoms with Crippen molar-refractivity contribution in [3.63, 3.8) is 0 Å². The highest BCUT2D eigenvalue weighted by Crippen LogP contribution is 2.31. The van der Waals surface area contributed by atoms with Gasteiger partial charge in [-0.05, 0) is 19.1 Å². The molecule has 1 aliphatic rings. The molecule has 0 aliphatic carbocycles. The lowest BCUT2D eigenvalue weighted by Gasteiger charge is -2.16. The number of amides is 2. The zero-order valence-electron chi connectivity index (χ0n) is 14.1. The van der Waals surface area contributed by atoms with Crippen molar-refractivity contribution >= 4 is 29.4 Å². The molecule has 0 spiro atoms. The maximum Gasteiger partial charge on any atom is 0.357 e. The van der Waals surface area contributed by atoms with E-state index in [-0.39, 0.29) is 35.3 Å². The van der Waals surface area contributed by atoms with Gasteiger partial charge in [0.1, 0.15) is 10.8 Å². The fourth-order valence-electron chi connectivity index (χ4n) is 2.65. The molecule has 0 fully saturated rings. The number of imide groups is 1. The van der Waals surface area contributed by atoms with Crippen molar-refractivity contribution in [2.45, 2.75) is 13.5 Å². The number of ether oxygens (including phenoxy) is 2. The molecule has 2 aromatic rings. The maximum absolute atomic E-state index is 12.5. The zero-order chi connectivity index (χ0) is 18.8. The number of esters is 1. The highest BCUT2D eigenvalue weighted by Gasteiger charge is 2.36. The molecule has 0 atom stereocenters. The molecule has 1 aliphatic heterocycles. The molecule has 0 N–H and O–H groups in total. The number of methoxy groups -OCH3 is 1. The van der Waals surface area contributed by atoms with Crippen LogP contribution in [0.4, 0.5) is 0 Å². The van der Waals surface area contributed by atoms with E-state index in [1.165, 1.54) is 13.2 Å². The Labute approximate surface area is 154 Å². The molecule has 3 rings (SSSR count). The molecule has 26 heavy (non-hydrogen) atoms. The SMILES string of the molecule is CCOC(=O)c1cc(OC)c(Cl)c(CN2C(=O)c3ccccc3C2=O)n1. The summed E-state index contributed by atoms with van der Waals surface area (Å²) in [6.07, 6.45) is 0. The number of fused-ring (bicyclic) bond motifs is 1. The number of hydrogen-bond donors (Lipinski definition) is 0. The molecular weight excluding hydrogens is 360 g/mol. The summed E-state index contributed by atoms with van der Waals surface area (Å²) in [6, 6.07) is 7.89. The molecule has 134 valence electrons. The minimum Gasteiger partial charge on any atom is -0.495 e. The summed E-state index contributed by atoms with van der Waals surface area (Å²) in [5.74, 6) is -1.32. The summed E-state index contributed by atoms with van der Waals surface area (Å²) >= 11 is 6.26. The van der Waals surface area contributed by atoms with E-state index in [0.717, 1.165) is 4.90 Å². The van der Waals surface area contributed by atoms with Gasteiger partial charge >= 0.3 is 5.97 Å². The fourth-order valence-corrected chi connectivity index (χ4v) is 2.89. The first-order valence-electron chi connectivity index (χ1n) is 7.83. The lowest BCUT2D eigenvalue weighted by atomic mass is 10.1. The van der Waals surface area contributed by atoms with Crippen LogP contribution < -0.4 is 4.74 Å². The molecule has 0 bridgehead atoms. The van der Waals surface area contributed by atoms with Gasteiger partial charge in [0.2, 0.25) is 0 Å². The Kier molecular flexibility index (Phi) is 4.90. The van der Waals surface area contributed by atoms with Crippen molar-refractivity contribution in [3.8, 4) is 5.75 Å². The van der Waals surface area contributed by atoms with E-state index in [2.05, 4.69) is 4.98 Å². The van der Waals surface area contributed by atoms with Gasteiger partial charge in [0, 0.05) is 6.07 Å². The van der Waals surface area contributed by atoms with Gasteiger partial charge in [0.25, 0.3) is 11.8 Å². The second kappa shape index (κ2) is 7.13. The number of hydrogen-bond acceptors (Lipinski definition) is 6. The summed E-state index contributed by atoms with van der Waals surface area (Å²) in [4.78, 5) is 42.2. The van der Waals surface area contributed by atoms with E-state index in [4.69, 9.17) is 21.1 Å². The van der Waals surface area contributed by atoms with Gasteiger partial charge in [-0.2, -0.15) is 0 Å². The Hall–Kier alpha value is -2.93. The lowest BCUT2D eigenvalue weighted by Crippen LogP contribution is -2.30. The van der Waals surface area contributed by atoms with Crippen molar-refractivity contribution in [3.05, 3.63) is 57.9 Å². The predicted octanol–water partition coefficient (Wildman–Crippen LogP) is 2.72. The number of carbonyl (C=O) groups excluding carboxylic acids is 3. The van der Waals surface area contributed by atoms with Crippen molar-refractivity contribution in [1.82, 2.24) is 9.88 Å². The fraction of sp³-hybridized carbons (Fsp3) is 0.222. The van der Waals surface area contributed by atoms with Crippen LogP contribution >= 0.6 is 11.6 Å². The van der Waals surface area contributed by atoms with Crippen molar-refractivity contribution in [1.29, 1.82) is 0 Å². The second-order valence-electron chi connectivity index (χ2n) is 5.43. The smallest absolute Gasteiger partial charge is 0.357 e. The molecule has 1 aromatic carbocycles. The first-order valence-corrected chi connectivity index (χ1v) is 8.21. The largest absolute Gasteiger partial charge is 0.495 e. The van der Waals surface area contributed by atoms with E-state index >= 15 is 0 Å². The number of halogens is 1. The quantitative estimate of drug-likeness (QED) is 0.591. The predicted molar refractivity (Wildman–Crippen MR) is 92.4 cm³/mol. The van der Waals surface area contributed by atoms with E-state index < -0.39 is 17.8 Å². The molecule has 2 amide bonds. The number of aromatic nitrogens is 1. The molecule has 2 heterocycles. The van der Waals surface area contributed by atoms with Crippen molar-refractivity contribution in [2.24, 2.45) is 0 Å². The normalized spacial score (nSPS) is 13.0. The number of carbonyl (C=O) groups is 3. The molecule has 0 radical (unpaired) electrons. The maximum atomic E-state index is 12.5. The molecule has 0 saturated heterocycles. The summed E-state index contributed by atoms with van der Waals surface area (Å²) in [7, 11) is 1.39. The van der Waals surface area contributed by atoms with Crippen LogP contribution in [0, 0.1) is 0 Å². The Morgan fingerprint density at radius 3 is 2.35 bits per heavy atom. The number of nitrogens with zero attached hydrogens (tertiary/aromatic N) is 2. The van der Waals surface area contributed by atoms with Crippen LogP contribution in [0.5, 0.6) is 5.75 Å². The van der Waals surface area contributed by atoms with Gasteiger partial charge in [-0.15, -0.1) is 0 Å². The minimum absolute atomic E-state index is 0.0142. The molecule has 0 unspecified atom stereocenters. The molecule has 7 nitrogen and oxygen atoms in total. The van der Waals surface area contributed by atoms with E-state index in [1.54, 1.807) is 31.2 Å². The third-order valence-electron chi connectivity index (χ3n) is 3.88. The van der Waals surface area contributed by atoms with E-state index in [0.29, 0.717) is 11.1 Å². The minimum atomic E-state index is -0.647. The van der Waals surface area contributed by atoms with Gasteiger partial charge in [-0.1, -0.05) is 23.7 Å². The number of rotatable bonds is 5. The van der Waals surface area contributed by atoms with Crippen LogP contribution in [-0.4, -0.2) is 41.4 Å². The lowest BCUT2D eigenvalue weighted by molar-refractivity contribution is 0.0518. The first kappa shape index (κ1) is 17.9. The number of pyridine rings is 1. The summed E-state index contributed by atoms with van der Waals surface area (Å²) in [5.41, 5.74) is 0.799. The Balaban J connectivity index is 1.97. The summed E-state index contributed by atoms with van der Waals surface area (Å²) < 4.78 is 10.1. The Morgan fingerprint density at radius 1 is 1.19 bits per heavy atom. The summed E-state index contributed by atoms with van der Waals surface area (Å²) in [6.45, 7) is 1.67. The van der Waals surface area contributed by atoms with Crippen LogP contribution in [0.25, 0.3) is 0 Å². The second-order valence-corrected chi connectivity index (χ2v) is 5.81. The third kappa shape index (κ3) is 3.01. The Bertz CT molecular complexity index is 877. The van der Waals surface area contributed by atoms with Crippen molar-refractivity contribution < 1.29 is 23.9 Å². The number of benzene rings is 1. The zero-order valence-corrected chi connectivity index (χ0v) is 14.9.